The number of nitrogens with zero attached hydrogens (tertiary/aromatic N) is 3. The number of aromatic nitrogens is 3. The van der Waals surface area contributed by atoms with E-state index in [0.29, 0.717) is 45.3 Å². The highest BCUT2D eigenvalue weighted by atomic mass is 35.5. The van der Waals surface area contributed by atoms with Crippen LogP contribution >= 0.6 is 11.6 Å². The molecule has 182 valence electrons. The van der Waals surface area contributed by atoms with E-state index in [4.69, 9.17) is 31.2 Å². The van der Waals surface area contributed by atoms with Gasteiger partial charge in [0.25, 0.3) is 5.91 Å². The maximum absolute atomic E-state index is 13.7. The van der Waals surface area contributed by atoms with Crippen LogP contribution in [0.1, 0.15) is 18.5 Å². The van der Waals surface area contributed by atoms with Crippen LogP contribution in [0, 0.1) is 0 Å². The van der Waals surface area contributed by atoms with Crippen LogP contribution < -0.4 is 20.1 Å². The lowest BCUT2D eigenvalue weighted by Gasteiger charge is -2.29. The van der Waals surface area contributed by atoms with Crippen molar-refractivity contribution in [2.45, 2.75) is 13.0 Å². The summed E-state index contributed by atoms with van der Waals surface area (Å²) in [5.41, 5.74) is 3.42. The molecule has 0 radical (unpaired) electrons. The van der Waals surface area contributed by atoms with Gasteiger partial charge in [-0.1, -0.05) is 35.9 Å². The van der Waals surface area contributed by atoms with Gasteiger partial charge in [0, 0.05) is 16.3 Å². The molecule has 0 spiro atoms. The number of nitrogens with one attached hydrogen (secondary N) is 2. The number of ether oxygens (including phenoxy) is 2. The number of hydrogen-bond acceptors (Lipinski definition) is 6. The molecule has 1 unspecified atom stereocenters. The van der Waals surface area contributed by atoms with Gasteiger partial charge in [0.2, 0.25) is 5.95 Å². The first kappa shape index (κ1) is 23.4. The summed E-state index contributed by atoms with van der Waals surface area (Å²) >= 11 is 6.06. The predicted molar refractivity (Wildman–Crippen MR) is 140 cm³/mol. The first-order valence-electron chi connectivity index (χ1n) is 11.3. The molecule has 0 bridgehead atoms. The summed E-state index contributed by atoms with van der Waals surface area (Å²) in [6.45, 7) is 1.85. The first-order valence-corrected chi connectivity index (χ1v) is 11.6. The second kappa shape index (κ2) is 9.75. The van der Waals surface area contributed by atoms with E-state index in [0.717, 1.165) is 11.1 Å². The molecule has 3 aromatic carbocycles. The number of amides is 1. The van der Waals surface area contributed by atoms with Gasteiger partial charge < -0.3 is 20.1 Å². The number of methoxy groups -OCH3 is 2. The number of carbonyl (C=O) groups excluding carboxylic acids is 1. The number of anilines is 2. The number of carbonyl (C=O) groups is 1. The van der Waals surface area contributed by atoms with Crippen molar-refractivity contribution in [2.75, 3.05) is 24.9 Å². The minimum atomic E-state index is -0.532. The van der Waals surface area contributed by atoms with Crippen LogP contribution in [0.2, 0.25) is 5.02 Å². The van der Waals surface area contributed by atoms with Crippen molar-refractivity contribution in [3.05, 3.63) is 94.7 Å². The zero-order valence-electron chi connectivity index (χ0n) is 19.9. The van der Waals surface area contributed by atoms with Crippen molar-refractivity contribution in [1.82, 2.24) is 14.8 Å². The van der Waals surface area contributed by atoms with Crippen LogP contribution in [0.5, 0.6) is 11.5 Å². The molecular formula is C27H24ClN5O3. The van der Waals surface area contributed by atoms with Crippen molar-refractivity contribution in [1.29, 1.82) is 0 Å². The third-order valence-corrected chi connectivity index (χ3v) is 6.24. The molecule has 0 fully saturated rings. The summed E-state index contributed by atoms with van der Waals surface area (Å²) in [4.78, 5) is 18.4. The van der Waals surface area contributed by atoms with E-state index in [1.54, 1.807) is 43.2 Å². The van der Waals surface area contributed by atoms with Gasteiger partial charge in [0.15, 0.2) is 5.82 Å². The van der Waals surface area contributed by atoms with Gasteiger partial charge in [0.05, 0.1) is 25.5 Å². The fourth-order valence-electron chi connectivity index (χ4n) is 4.20. The summed E-state index contributed by atoms with van der Waals surface area (Å²) in [6, 6.07) is 21.6. The smallest absolute Gasteiger partial charge is 0.255 e. The normalized spacial score (nSPS) is 14.6. The Labute approximate surface area is 213 Å². The number of para-hydroxylation sites is 2. The maximum atomic E-state index is 13.7. The predicted octanol–water partition coefficient (Wildman–Crippen LogP) is 5.54. The Morgan fingerprint density at radius 2 is 1.72 bits per heavy atom. The molecule has 0 saturated carbocycles. The van der Waals surface area contributed by atoms with Gasteiger partial charge in [-0.05, 0) is 61.0 Å². The number of rotatable bonds is 6. The molecular weight excluding hydrogens is 478 g/mol. The van der Waals surface area contributed by atoms with E-state index in [1.165, 1.54) is 0 Å². The Kier molecular flexibility index (Phi) is 6.35. The van der Waals surface area contributed by atoms with Crippen LogP contribution in [0.15, 0.2) is 84.1 Å². The van der Waals surface area contributed by atoms with Crippen molar-refractivity contribution in [2.24, 2.45) is 0 Å². The van der Waals surface area contributed by atoms with Crippen LogP contribution in [-0.2, 0) is 4.79 Å². The summed E-state index contributed by atoms with van der Waals surface area (Å²) < 4.78 is 12.5. The Morgan fingerprint density at radius 3 is 2.42 bits per heavy atom. The van der Waals surface area contributed by atoms with E-state index >= 15 is 0 Å². The summed E-state index contributed by atoms with van der Waals surface area (Å²) in [7, 11) is 3.18. The van der Waals surface area contributed by atoms with Crippen LogP contribution in [0.4, 0.5) is 11.6 Å². The monoisotopic (exact) mass is 501 g/mol. The highest BCUT2D eigenvalue weighted by molar-refractivity contribution is 6.30. The van der Waals surface area contributed by atoms with Gasteiger partial charge in [0.1, 0.15) is 17.5 Å². The van der Waals surface area contributed by atoms with E-state index < -0.39 is 6.04 Å². The van der Waals surface area contributed by atoms with Crippen LogP contribution in [-0.4, -0.2) is 34.9 Å². The van der Waals surface area contributed by atoms with Crippen molar-refractivity contribution in [3.8, 4) is 22.9 Å². The SMILES string of the molecule is COc1ccc(C2C(C(=O)Nc3ccccc3OC)=C(C)Nc3nc(-c4ccc(Cl)cc4)nn32)cc1. The summed E-state index contributed by atoms with van der Waals surface area (Å²) in [5, 5.41) is 11.7. The maximum Gasteiger partial charge on any atom is 0.255 e. The molecule has 0 aliphatic carbocycles. The molecule has 1 amide bonds. The molecule has 36 heavy (non-hydrogen) atoms. The lowest BCUT2D eigenvalue weighted by atomic mass is 9.95. The van der Waals surface area contributed by atoms with E-state index in [-0.39, 0.29) is 5.91 Å². The second-order valence-electron chi connectivity index (χ2n) is 8.20. The second-order valence-corrected chi connectivity index (χ2v) is 8.64. The third-order valence-electron chi connectivity index (χ3n) is 5.99. The fourth-order valence-corrected chi connectivity index (χ4v) is 4.32. The molecule has 1 aromatic heterocycles. The quantitative estimate of drug-likeness (QED) is 0.360. The number of hydrogen-bond donors (Lipinski definition) is 2. The van der Waals surface area contributed by atoms with Gasteiger partial charge in [-0.15, -0.1) is 5.10 Å². The molecule has 5 rings (SSSR count). The van der Waals surface area contributed by atoms with Gasteiger partial charge >= 0.3 is 0 Å². The average molecular weight is 502 g/mol. The van der Waals surface area contributed by atoms with Crippen molar-refractivity contribution >= 4 is 29.1 Å². The van der Waals surface area contributed by atoms with E-state index in [1.807, 2.05) is 55.5 Å². The summed E-state index contributed by atoms with van der Waals surface area (Å²) in [5.74, 6) is 2.06. The molecule has 1 atom stereocenters. The Hall–Kier alpha value is -4.30. The highest BCUT2D eigenvalue weighted by Gasteiger charge is 2.34. The Balaban J connectivity index is 1.59. The summed E-state index contributed by atoms with van der Waals surface area (Å²) in [6.07, 6.45) is 0. The molecule has 2 heterocycles. The Morgan fingerprint density at radius 1 is 1.00 bits per heavy atom. The number of halogens is 1. The van der Waals surface area contributed by atoms with E-state index in [2.05, 4.69) is 10.6 Å². The average Bonchev–Trinajstić information content (AvgIpc) is 3.32. The highest BCUT2D eigenvalue weighted by Crippen LogP contribution is 2.38. The zero-order chi connectivity index (χ0) is 25.2. The molecule has 2 N–H and O–H groups in total. The van der Waals surface area contributed by atoms with Crippen LogP contribution in [0.25, 0.3) is 11.4 Å². The zero-order valence-corrected chi connectivity index (χ0v) is 20.7. The first-order chi connectivity index (χ1) is 17.5. The van der Waals surface area contributed by atoms with E-state index in [9.17, 15) is 4.79 Å². The van der Waals surface area contributed by atoms with Crippen molar-refractivity contribution < 1.29 is 14.3 Å². The minimum Gasteiger partial charge on any atom is -0.497 e. The third kappa shape index (κ3) is 4.38. The molecule has 4 aromatic rings. The lowest BCUT2D eigenvalue weighted by molar-refractivity contribution is -0.113. The molecule has 1 aliphatic rings. The molecule has 1 aliphatic heterocycles. The molecule has 8 nitrogen and oxygen atoms in total. The standard InChI is InChI=1S/C27H24ClN5O3/c1-16-23(26(34)30-21-6-4-5-7-22(21)36-3)24(17-10-14-20(35-2)15-11-17)33-27(29-16)31-25(32-33)18-8-12-19(28)13-9-18/h4-15,24H,1-3H3,(H,30,34)(H,29,31,32). The van der Waals surface area contributed by atoms with Gasteiger partial charge in [-0.2, -0.15) is 4.98 Å². The van der Waals surface area contributed by atoms with Gasteiger partial charge in [-0.3, -0.25) is 4.79 Å². The fraction of sp³-hybridized carbons (Fsp3) is 0.148. The largest absolute Gasteiger partial charge is 0.497 e. The molecule has 0 saturated heterocycles. The Bertz CT molecular complexity index is 1450. The topological polar surface area (TPSA) is 90.3 Å². The number of benzene rings is 3. The number of allylic oxidation sites excluding steroid dienone is 1. The van der Waals surface area contributed by atoms with Crippen molar-refractivity contribution in [3.63, 3.8) is 0 Å². The van der Waals surface area contributed by atoms with Crippen LogP contribution in [0.3, 0.4) is 0 Å². The number of fused-ring (bicyclic) bond motifs is 1. The van der Waals surface area contributed by atoms with Gasteiger partial charge in [-0.25, -0.2) is 4.68 Å². The minimum absolute atomic E-state index is 0.278. The molecule has 9 heteroatoms. The lowest BCUT2D eigenvalue weighted by Crippen LogP contribution is -2.31.